The van der Waals surface area contributed by atoms with E-state index in [0.717, 1.165) is 24.3 Å². The van der Waals surface area contributed by atoms with Crippen molar-refractivity contribution >= 4 is 18.1 Å². The molecule has 0 saturated carbocycles. The summed E-state index contributed by atoms with van der Waals surface area (Å²) in [5.74, 6) is 0.846. The summed E-state index contributed by atoms with van der Waals surface area (Å²) in [5.41, 5.74) is 3.70. The zero-order chi connectivity index (χ0) is 14.7. The molecule has 3 nitrogen and oxygen atoms in total. The van der Waals surface area contributed by atoms with E-state index < -0.39 is 6.10 Å². The average molecular weight is 320 g/mol. The van der Waals surface area contributed by atoms with Crippen LogP contribution in [0.3, 0.4) is 0 Å². The molecule has 1 aliphatic heterocycles. The van der Waals surface area contributed by atoms with Gasteiger partial charge in [-0.15, -0.1) is 12.4 Å². The summed E-state index contributed by atoms with van der Waals surface area (Å²) in [6.45, 7) is 3.92. The number of ether oxygens (including phenoxy) is 1. The highest BCUT2D eigenvalue weighted by Gasteiger charge is 2.20. The molecule has 0 spiro atoms. The highest BCUT2D eigenvalue weighted by Crippen LogP contribution is 2.27. The number of fused-ring (bicyclic) bond motifs is 1. The second-order valence-electron chi connectivity index (χ2n) is 5.56. The van der Waals surface area contributed by atoms with Gasteiger partial charge in [0.05, 0.1) is 0 Å². The van der Waals surface area contributed by atoms with Gasteiger partial charge in [-0.05, 0) is 36.6 Å². The van der Waals surface area contributed by atoms with Crippen molar-refractivity contribution in [1.29, 1.82) is 0 Å². The van der Waals surface area contributed by atoms with Crippen LogP contribution in [0.2, 0.25) is 0 Å². The Kier molecular flexibility index (Phi) is 5.69. The van der Waals surface area contributed by atoms with Gasteiger partial charge in [0, 0.05) is 18.8 Å². The van der Waals surface area contributed by atoms with Gasteiger partial charge in [0.1, 0.15) is 18.5 Å². The summed E-state index contributed by atoms with van der Waals surface area (Å²) in [7, 11) is 0. The van der Waals surface area contributed by atoms with Crippen LogP contribution in [-0.4, -0.2) is 30.9 Å². The molecule has 1 heterocycles. The normalized spacial score (nSPS) is 14.2. The van der Waals surface area contributed by atoms with Crippen LogP contribution < -0.4 is 9.64 Å². The smallest absolute Gasteiger partial charge is 0.122 e. The van der Waals surface area contributed by atoms with Gasteiger partial charge in [-0.2, -0.15) is 0 Å². The fourth-order valence-corrected chi connectivity index (χ4v) is 2.81. The van der Waals surface area contributed by atoms with E-state index in [4.69, 9.17) is 4.74 Å². The van der Waals surface area contributed by atoms with Gasteiger partial charge in [-0.25, -0.2) is 0 Å². The van der Waals surface area contributed by atoms with Crippen molar-refractivity contribution in [3.63, 3.8) is 0 Å². The zero-order valence-corrected chi connectivity index (χ0v) is 13.6. The molecule has 1 atom stereocenters. The third kappa shape index (κ3) is 3.73. The van der Waals surface area contributed by atoms with Gasteiger partial charge in [-0.3, -0.25) is 0 Å². The molecule has 0 amide bonds. The van der Waals surface area contributed by atoms with Gasteiger partial charge in [0.25, 0.3) is 0 Å². The number of anilines is 1. The number of para-hydroxylation sites is 2. The summed E-state index contributed by atoms with van der Waals surface area (Å²) in [6, 6.07) is 16.3. The fourth-order valence-electron chi connectivity index (χ4n) is 2.81. The quantitative estimate of drug-likeness (QED) is 0.918. The van der Waals surface area contributed by atoms with E-state index in [1.807, 2.05) is 37.3 Å². The van der Waals surface area contributed by atoms with Crippen LogP contribution in [0.4, 0.5) is 5.69 Å². The van der Waals surface area contributed by atoms with Crippen LogP contribution in [0.1, 0.15) is 11.1 Å². The van der Waals surface area contributed by atoms with Gasteiger partial charge in [0.2, 0.25) is 0 Å². The van der Waals surface area contributed by atoms with Crippen LogP contribution in [0.15, 0.2) is 48.5 Å². The predicted molar refractivity (Wildman–Crippen MR) is 92.3 cm³/mol. The van der Waals surface area contributed by atoms with Crippen molar-refractivity contribution in [1.82, 2.24) is 0 Å². The lowest BCUT2D eigenvalue weighted by Crippen LogP contribution is -2.34. The summed E-state index contributed by atoms with van der Waals surface area (Å²) in [4.78, 5) is 2.24. The zero-order valence-electron chi connectivity index (χ0n) is 12.7. The van der Waals surface area contributed by atoms with E-state index in [1.54, 1.807) is 0 Å². The van der Waals surface area contributed by atoms with Crippen molar-refractivity contribution < 1.29 is 9.84 Å². The van der Waals surface area contributed by atoms with E-state index in [1.165, 1.54) is 11.3 Å². The van der Waals surface area contributed by atoms with Gasteiger partial charge >= 0.3 is 0 Å². The van der Waals surface area contributed by atoms with Crippen LogP contribution in [0, 0.1) is 6.92 Å². The Balaban J connectivity index is 0.00000176. The number of hydrogen-bond donors (Lipinski definition) is 1. The molecule has 0 aromatic heterocycles. The molecular weight excluding hydrogens is 298 g/mol. The standard InChI is InChI=1S/C18H21NO2.ClH/c1-14-6-2-5-9-18(14)21-13-16(20)12-19-11-10-15-7-3-4-8-17(15)19;/h2-9,16,20H,10-13H2,1H3;1H. The molecule has 2 aromatic carbocycles. The first-order chi connectivity index (χ1) is 10.2. The molecule has 1 aliphatic rings. The number of rotatable bonds is 5. The Bertz CT molecular complexity index is 618. The topological polar surface area (TPSA) is 32.7 Å². The lowest BCUT2D eigenvalue weighted by Gasteiger charge is -2.23. The van der Waals surface area contributed by atoms with Crippen LogP contribution in [0.5, 0.6) is 5.75 Å². The van der Waals surface area contributed by atoms with E-state index in [9.17, 15) is 5.11 Å². The Hall–Kier alpha value is -1.71. The van der Waals surface area contributed by atoms with Crippen LogP contribution in [0.25, 0.3) is 0 Å². The third-order valence-electron chi connectivity index (χ3n) is 3.94. The van der Waals surface area contributed by atoms with E-state index in [-0.39, 0.29) is 12.4 Å². The lowest BCUT2D eigenvalue weighted by molar-refractivity contribution is 0.112. The second kappa shape index (κ2) is 7.52. The van der Waals surface area contributed by atoms with Crippen molar-refractivity contribution in [2.45, 2.75) is 19.4 Å². The number of nitrogens with zero attached hydrogens (tertiary/aromatic N) is 1. The summed E-state index contributed by atoms with van der Waals surface area (Å²) in [5, 5.41) is 10.2. The number of aliphatic hydroxyl groups is 1. The number of benzene rings is 2. The molecular formula is C18H22ClNO2. The maximum Gasteiger partial charge on any atom is 0.122 e. The maximum atomic E-state index is 10.2. The number of aryl methyl sites for hydroxylation is 1. The Morgan fingerprint density at radius 1 is 1.14 bits per heavy atom. The average Bonchev–Trinajstić information content (AvgIpc) is 2.90. The molecule has 0 radical (unpaired) electrons. The molecule has 4 heteroatoms. The molecule has 0 saturated heterocycles. The van der Waals surface area contributed by atoms with Gasteiger partial charge < -0.3 is 14.7 Å². The fraction of sp³-hybridized carbons (Fsp3) is 0.333. The second-order valence-corrected chi connectivity index (χ2v) is 5.56. The van der Waals surface area contributed by atoms with E-state index in [2.05, 4.69) is 23.1 Å². The first-order valence-electron chi connectivity index (χ1n) is 7.43. The molecule has 2 aromatic rings. The van der Waals surface area contributed by atoms with Crippen molar-refractivity contribution in [3.05, 3.63) is 59.7 Å². The molecule has 118 valence electrons. The molecule has 1 unspecified atom stereocenters. The minimum atomic E-state index is -0.490. The van der Waals surface area contributed by atoms with Crippen molar-refractivity contribution in [2.24, 2.45) is 0 Å². The molecule has 22 heavy (non-hydrogen) atoms. The highest BCUT2D eigenvalue weighted by atomic mass is 35.5. The van der Waals surface area contributed by atoms with Crippen LogP contribution in [-0.2, 0) is 6.42 Å². The van der Waals surface area contributed by atoms with Crippen molar-refractivity contribution in [2.75, 3.05) is 24.6 Å². The Morgan fingerprint density at radius 3 is 2.68 bits per heavy atom. The summed E-state index contributed by atoms with van der Waals surface area (Å²) in [6.07, 6.45) is 0.567. The third-order valence-corrected chi connectivity index (χ3v) is 3.94. The predicted octanol–water partition coefficient (Wildman–Crippen LogP) is 3.22. The minimum Gasteiger partial charge on any atom is -0.491 e. The molecule has 0 bridgehead atoms. The van der Waals surface area contributed by atoms with E-state index in [0.29, 0.717) is 13.2 Å². The van der Waals surface area contributed by atoms with Crippen LogP contribution >= 0.6 is 12.4 Å². The minimum absolute atomic E-state index is 0. The van der Waals surface area contributed by atoms with Gasteiger partial charge in [0.15, 0.2) is 0 Å². The van der Waals surface area contributed by atoms with Crippen molar-refractivity contribution in [3.8, 4) is 5.75 Å². The summed E-state index contributed by atoms with van der Waals surface area (Å²) >= 11 is 0. The largest absolute Gasteiger partial charge is 0.491 e. The van der Waals surface area contributed by atoms with Gasteiger partial charge in [-0.1, -0.05) is 36.4 Å². The molecule has 3 rings (SSSR count). The SMILES string of the molecule is Cc1ccccc1OCC(O)CN1CCc2ccccc21.Cl. The molecule has 0 aliphatic carbocycles. The number of halogens is 1. The highest BCUT2D eigenvalue weighted by molar-refractivity contribution is 5.85. The van der Waals surface area contributed by atoms with E-state index >= 15 is 0 Å². The first kappa shape index (κ1) is 16.7. The monoisotopic (exact) mass is 319 g/mol. The summed E-state index contributed by atoms with van der Waals surface area (Å²) < 4.78 is 5.72. The number of hydrogen-bond acceptors (Lipinski definition) is 3. The Labute approximate surface area is 137 Å². The number of β-amino-alcohol motifs (C(OH)–C–C–N with tert-alkyl or cyclic N) is 1. The first-order valence-corrected chi connectivity index (χ1v) is 7.43. The lowest BCUT2D eigenvalue weighted by atomic mass is 10.2. The molecule has 1 N–H and O–H groups in total. The Morgan fingerprint density at radius 2 is 1.86 bits per heavy atom. The number of aliphatic hydroxyl groups excluding tert-OH is 1. The maximum absolute atomic E-state index is 10.2. The molecule has 0 fully saturated rings.